The highest BCUT2D eigenvalue weighted by molar-refractivity contribution is 7.99. The minimum absolute atomic E-state index is 0.128. The summed E-state index contributed by atoms with van der Waals surface area (Å²) in [6.45, 7) is 0.128. The van der Waals surface area contributed by atoms with Crippen LogP contribution in [0.4, 0.5) is 0 Å². The molecule has 174 valence electrons. The predicted octanol–water partition coefficient (Wildman–Crippen LogP) is 3.60. The normalized spacial score (nSPS) is 28.0. The topological polar surface area (TPSA) is 117 Å². The van der Waals surface area contributed by atoms with E-state index in [4.69, 9.17) is 35.1 Å². The van der Waals surface area contributed by atoms with E-state index in [0.717, 1.165) is 36.4 Å². The highest BCUT2D eigenvalue weighted by Gasteiger charge is 2.59. The van der Waals surface area contributed by atoms with E-state index in [2.05, 4.69) is 25.3 Å². The molecular formula is C21H22ClN5O5S. The molecule has 4 atom stereocenters. The highest BCUT2D eigenvalue weighted by atomic mass is 35.5. The number of thioether (sulfide) groups is 1. The van der Waals surface area contributed by atoms with Gasteiger partial charge in [-0.1, -0.05) is 28.5 Å². The Balaban J connectivity index is 1.13. The fraction of sp³-hybridized carbons (Fsp3) is 0.524. The van der Waals surface area contributed by atoms with Gasteiger partial charge in [-0.15, -0.1) is 0 Å². The standard InChI is InChI=1S/C21H22ClN5O5S/c22-13-5-3-12(4-6-13)18-25-15(27-32-18)9-28-19-17-16(30-21(31-17)7-1-2-8-21)14(29-19)10-33-20-23-11-24-26-20/h3-6,11,14,16-17,19H,1-2,7-10H2,(H,23,24,26)/t14-,16-,17-,19-/m1/s1. The van der Waals surface area contributed by atoms with Crippen LogP contribution in [0.2, 0.25) is 5.02 Å². The molecule has 0 unspecified atom stereocenters. The summed E-state index contributed by atoms with van der Waals surface area (Å²) in [5.41, 5.74) is 0.788. The second-order valence-electron chi connectivity index (χ2n) is 8.26. The van der Waals surface area contributed by atoms with Crippen molar-refractivity contribution in [1.82, 2.24) is 25.3 Å². The fourth-order valence-corrected chi connectivity index (χ4v) is 5.46. The summed E-state index contributed by atoms with van der Waals surface area (Å²) in [5, 5.41) is 12.1. The van der Waals surface area contributed by atoms with Gasteiger partial charge in [0, 0.05) is 29.2 Å². The first-order chi connectivity index (χ1) is 16.2. The molecule has 3 fully saturated rings. The van der Waals surface area contributed by atoms with Gasteiger partial charge in [0.05, 0.1) is 6.10 Å². The molecule has 0 amide bonds. The highest BCUT2D eigenvalue weighted by Crippen LogP contribution is 2.47. The zero-order valence-corrected chi connectivity index (χ0v) is 19.1. The van der Waals surface area contributed by atoms with Crippen molar-refractivity contribution in [1.29, 1.82) is 0 Å². The molecule has 1 aliphatic carbocycles. The van der Waals surface area contributed by atoms with Gasteiger partial charge in [0.25, 0.3) is 5.89 Å². The summed E-state index contributed by atoms with van der Waals surface area (Å²) in [4.78, 5) is 8.58. The van der Waals surface area contributed by atoms with Crippen LogP contribution >= 0.6 is 23.4 Å². The summed E-state index contributed by atoms with van der Waals surface area (Å²) in [5.74, 6) is 0.943. The summed E-state index contributed by atoms with van der Waals surface area (Å²) < 4.78 is 30.4. The smallest absolute Gasteiger partial charge is 0.258 e. The minimum atomic E-state index is -0.590. The number of rotatable bonds is 7. The molecule has 10 nitrogen and oxygen atoms in total. The molecule has 1 N–H and O–H groups in total. The lowest BCUT2D eigenvalue weighted by molar-refractivity contribution is -0.244. The molecule has 33 heavy (non-hydrogen) atoms. The molecule has 1 spiro atoms. The maximum atomic E-state index is 6.42. The Hall–Kier alpha value is -2.02. The van der Waals surface area contributed by atoms with Gasteiger partial charge >= 0.3 is 0 Å². The van der Waals surface area contributed by atoms with E-state index in [1.165, 1.54) is 18.1 Å². The van der Waals surface area contributed by atoms with Crippen molar-refractivity contribution in [2.45, 2.75) is 67.8 Å². The van der Waals surface area contributed by atoms with Crippen molar-refractivity contribution < 1.29 is 23.5 Å². The molecule has 2 saturated heterocycles. The van der Waals surface area contributed by atoms with Crippen LogP contribution in [0.1, 0.15) is 31.5 Å². The Kier molecular flexibility index (Phi) is 5.85. The molecule has 0 bridgehead atoms. The third-order valence-electron chi connectivity index (χ3n) is 6.05. The van der Waals surface area contributed by atoms with Crippen LogP contribution in [0, 0.1) is 0 Å². The molecule has 4 heterocycles. The van der Waals surface area contributed by atoms with Gasteiger partial charge in [-0.25, -0.2) is 4.98 Å². The van der Waals surface area contributed by atoms with Crippen LogP contribution in [-0.2, 0) is 25.6 Å². The minimum Gasteiger partial charge on any atom is -0.343 e. The number of nitrogens with one attached hydrogen (secondary N) is 1. The number of nitrogens with zero attached hydrogens (tertiary/aromatic N) is 4. The van der Waals surface area contributed by atoms with Crippen molar-refractivity contribution in [3.8, 4) is 11.5 Å². The Morgan fingerprint density at radius 1 is 1.15 bits per heavy atom. The van der Waals surface area contributed by atoms with Crippen LogP contribution in [0.3, 0.4) is 0 Å². The van der Waals surface area contributed by atoms with Gasteiger partial charge in [-0.05, 0) is 37.1 Å². The van der Waals surface area contributed by atoms with Crippen molar-refractivity contribution in [2.75, 3.05) is 5.75 Å². The lowest BCUT2D eigenvalue weighted by Crippen LogP contribution is -2.33. The fourth-order valence-electron chi connectivity index (χ4n) is 4.50. The van der Waals surface area contributed by atoms with Crippen LogP contribution in [0.25, 0.3) is 11.5 Å². The van der Waals surface area contributed by atoms with Crippen molar-refractivity contribution in [2.24, 2.45) is 0 Å². The molecule has 3 aromatic rings. The molecule has 2 aromatic heterocycles. The van der Waals surface area contributed by atoms with Gasteiger partial charge in [0.1, 0.15) is 25.1 Å². The average Bonchev–Trinajstić information content (AvgIpc) is 3.64. The monoisotopic (exact) mass is 491 g/mol. The SMILES string of the molecule is Clc1ccc(-c2nc(CO[C@@H]3O[C@H](CSc4ncn[nH]4)[C@H]4OC5(CCCC5)O[C@@H]34)no2)cc1. The molecule has 12 heteroatoms. The first-order valence-electron chi connectivity index (χ1n) is 10.9. The van der Waals surface area contributed by atoms with Crippen LogP contribution < -0.4 is 0 Å². The van der Waals surface area contributed by atoms with Crippen LogP contribution in [0.15, 0.2) is 40.3 Å². The maximum absolute atomic E-state index is 6.42. The van der Waals surface area contributed by atoms with E-state index in [-0.39, 0.29) is 24.9 Å². The number of ether oxygens (including phenoxy) is 4. The number of H-pyrrole nitrogens is 1. The molecule has 6 rings (SSSR count). The molecule has 3 aliphatic rings. The molecule has 1 aromatic carbocycles. The predicted molar refractivity (Wildman–Crippen MR) is 116 cm³/mol. The van der Waals surface area contributed by atoms with Gasteiger partial charge in [0.2, 0.25) is 0 Å². The lowest BCUT2D eigenvalue weighted by Gasteiger charge is -2.26. The second kappa shape index (κ2) is 8.97. The number of aromatic amines is 1. The number of hydrogen-bond acceptors (Lipinski definition) is 10. The average molecular weight is 492 g/mol. The zero-order valence-electron chi connectivity index (χ0n) is 17.6. The number of benzene rings is 1. The summed E-state index contributed by atoms with van der Waals surface area (Å²) in [6.07, 6.45) is 4.15. The van der Waals surface area contributed by atoms with E-state index in [9.17, 15) is 0 Å². The van der Waals surface area contributed by atoms with E-state index < -0.39 is 12.1 Å². The van der Waals surface area contributed by atoms with E-state index in [1.807, 2.05) is 12.1 Å². The lowest BCUT2D eigenvalue weighted by atomic mass is 10.1. The third-order valence-corrected chi connectivity index (χ3v) is 7.26. The van der Waals surface area contributed by atoms with Crippen molar-refractivity contribution in [3.63, 3.8) is 0 Å². The Morgan fingerprint density at radius 3 is 2.76 bits per heavy atom. The summed E-state index contributed by atoms with van der Waals surface area (Å²) in [6, 6.07) is 7.20. The number of halogens is 1. The van der Waals surface area contributed by atoms with E-state index >= 15 is 0 Å². The van der Waals surface area contributed by atoms with Crippen molar-refractivity contribution in [3.05, 3.63) is 41.4 Å². The Labute approximate surface area is 198 Å². The summed E-state index contributed by atoms with van der Waals surface area (Å²) >= 11 is 7.47. The van der Waals surface area contributed by atoms with Gasteiger partial charge in [-0.2, -0.15) is 10.1 Å². The largest absolute Gasteiger partial charge is 0.343 e. The number of aromatic nitrogens is 5. The van der Waals surface area contributed by atoms with Crippen molar-refractivity contribution >= 4 is 23.4 Å². The molecule has 2 aliphatic heterocycles. The van der Waals surface area contributed by atoms with Gasteiger partial charge in [0.15, 0.2) is 23.1 Å². The summed E-state index contributed by atoms with van der Waals surface area (Å²) in [7, 11) is 0. The second-order valence-corrected chi connectivity index (χ2v) is 9.71. The Bertz CT molecular complexity index is 1080. The van der Waals surface area contributed by atoms with Crippen LogP contribution in [0.5, 0.6) is 0 Å². The zero-order chi connectivity index (χ0) is 22.3. The first-order valence-corrected chi connectivity index (χ1v) is 12.2. The third kappa shape index (κ3) is 4.41. The number of hydrogen-bond donors (Lipinski definition) is 1. The van der Waals surface area contributed by atoms with E-state index in [1.54, 1.807) is 12.1 Å². The van der Waals surface area contributed by atoms with E-state index in [0.29, 0.717) is 22.5 Å². The molecule has 1 saturated carbocycles. The van der Waals surface area contributed by atoms with Gasteiger partial charge in [-0.3, -0.25) is 5.10 Å². The van der Waals surface area contributed by atoms with Gasteiger partial charge < -0.3 is 23.5 Å². The first kappa shape index (κ1) is 21.5. The maximum Gasteiger partial charge on any atom is 0.258 e. The Morgan fingerprint density at radius 2 is 1.97 bits per heavy atom. The number of fused-ring (bicyclic) bond motifs is 1. The quantitative estimate of drug-likeness (QED) is 0.491. The van der Waals surface area contributed by atoms with Crippen LogP contribution in [-0.4, -0.2) is 61.5 Å². The molecule has 0 radical (unpaired) electrons. The molecular weight excluding hydrogens is 470 g/mol.